The molecular weight excluding hydrogens is 536 g/mol. The maximum atomic E-state index is 13.7. The normalized spacial score (nSPS) is 19.5. The van der Waals surface area contributed by atoms with Gasteiger partial charge in [-0.15, -0.1) is 0 Å². The van der Waals surface area contributed by atoms with Crippen molar-refractivity contribution in [1.82, 2.24) is 4.98 Å². The third-order valence-electron chi connectivity index (χ3n) is 7.54. The molecular formula is C33H32N2O5S. The molecule has 3 aromatic carbocycles. The van der Waals surface area contributed by atoms with E-state index in [1.54, 1.807) is 12.1 Å². The number of amides is 1. The van der Waals surface area contributed by atoms with Gasteiger partial charge in [0.1, 0.15) is 23.4 Å². The summed E-state index contributed by atoms with van der Waals surface area (Å²) in [5, 5.41) is 12.0. The van der Waals surface area contributed by atoms with E-state index in [1.165, 1.54) is 16.2 Å². The fourth-order valence-corrected chi connectivity index (χ4v) is 6.60. The number of aromatic nitrogens is 1. The topological polar surface area (TPSA) is 89.0 Å². The molecule has 8 heteroatoms. The van der Waals surface area contributed by atoms with E-state index in [1.807, 2.05) is 62.4 Å². The largest absolute Gasteiger partial charge is 0.507 e. The van der Waals surface area contributed by atoms with E-state index in [0.717, 1.165) is 46.4 Å². The number of anilines is 1. The lowest BCUT2D eigenvalue weighted by atomic mass is 9.94. The summed E-state index contributed by atoms with van der Waals surface area (Å²) in [4.78, 5) is 33.5. The van der Waals surface area contributed by atoms with Gasteiger partial charge in [0.05, 0.1) is 28.4 Å². The number of ketones is 1. The Bertz CT molecular complexity index is 1690. The van der Waals surface area contributed by atoms with Gasteiger partial charge < -0.3 is 14.6 Å². The average molecular weight is 569 g/mol. The molecule has 2 aliphatic rings. The molecule has 1 aromatic heterocycles. The summed E-state index contributed by atoms with van der Waals surface area (Å²) in [6.07, 6.45) is 3.84. The van der Waals surface area contributed by atoms with Crippen LogP contribution in [0, 0.1) is 6.92 Å². The molecule has 2 atom stereocenters. The maximum absolute atomic E-state index is 13.7. The van der Waals surface area contributed by atoms with Gasteiger partial charge in [-0.1, -0.05) is 49.3 Å². The molecule has 0 spiro atoms. The van der Waals surface area contributed by atoms with E-state index in [0.29, 0.717) is 35.0 Å². The highest BCUT2D eigenvalue weighted by Gasteiger charge is 2.48. The number of thiazole rings is 1. The average Bonchev–Trinajstić information content (AvgIpc) is 3.62. The number of aliphatic hydroxyl groups excluding tert-OH is 1. The summed E-state index contributed by atoms with van der Waals surface area (Å²) >= 11 is 1.35. The molecule has 0 aliphatic carbocycles. The molecule has 0 radical (unpaired) electrons. The van der Waals surface area contributed by atoms with Crippen molar-refractivity contribution in [2.45, 2.75) is 58.6 Å². The SMILES string of the molecule is CCCCCOc1cccc(C2/C(=C(/O)c3ccc4c(c3)CC(C)O4)C(=O)C(=O)N2c2nc3ccc(C)cc3s2)c1. The number of carbonyl (C=O) groups excluding carboxylic acids is 2. The summed E-state index contributed by atoms with van der Waals surface area (Å²) in [5.74, 6) is -0.275. The van der Waals surface area contributed by atoms with Crippen molar-refractivity contribution in [3.63, 3.8) is 0 Å². The summed E-state index contributed by atoms with van der Waals surface area (Å²) in [7, 11) is 0. The predicted molar refractivity (Wildman–Crippen MR) is 161 cm³/mol. The van der Waals surface area contributed by atoms with Crippen molar-refractivity contribution in [3.05, 3.63) is 88.5 Å². The highest BCUT2D eigenvalue weighted by atomic mass is 32.1. The van der Waals surface area contributed by atoms with Gasteiger partial charge in [0.2, 0.25) is 0 Å². The minimum Gasteiger partial charge on any atom is -0.507 e. The van der Waals surface area contributed by atoms with E-state index in [-0.39, 0.29) is 17.4 Å². The third-order valence-corrected chi connectivity index (χ3v) is 8.56. The number of hydrogen-bond donors (Lipinski definition) is 1. The fraction of sp³-hybridized carbons (Fsp3) is 0.303. The molecule has 2 unspecified atom stereocenters. The number of unbranched alkanes of at least 4 members (excludes halogenated alkanes) is 2. The van der Waals surface area contributed by atoms with Crippen LogP contribution in [0.1, 0.15) is 61.4 Å². The van der Waals surface area contributed by atoms with Gasteiger partial charge in [0, 0.05) is 12.0 Å². The first kappa shape index (κ1) is 27.0. The van der Waals surface area contributed by atoms with Crippen LogP contribution in [0.3, 0.4) is 0 Å². The summed E-state index contributed by atoms with van der Waals surface area (Å²) in [6, 6.07) is 17.8. The van der Waals surface area contributed by atoms with Gasteiger partial charge in [-0.3, -0.25) is 14.5 Å². The Labute approximate surface area is 243 Å². The number of rotatable bonds is 8. The molecule has 4 aromatic rings. The van der Waals surface area contributed by atoms with Crippen LogP contribution in [-0.2, 0) is 16.0 Å². The molecule has 1 N–H and O–H groups in total. The standard InChI is InChI=1S/C33H32N2O5S/c1-4-5-6-14-39-24-9-7-8-21(18-24)29-28(30(36)22-11-13-26-23(17-22)16-20(3)40-26)31(37)32(38)35(29)33-34-25-12-10-19(2)15-27(25)41-33/h7-13,15,17-18,20,29,36H,4-6,14,16H2,1-3H3/b30-28-. The zero-order valence-electron chi connectivity index (χ0n) is 23.3. The molecule has 0 bridgehead atoms. The Morgan fingerprint density at radius 1 is 1.12 bits per heavy atom. The second-order valence-corrected chi connectivity index (χ2v) is 11.7. The van der Waals surface area contributed by atoms with Crippen molar-refractivity contribution in [1.29, 1.82) is 0 Å². The molecule has 210 valence electrons. The highest BCUT2D eigenvalue weighted by molar-refractivity contribution is 7.22. The second kappa shape index (κ2) is 11.0. The smallest absolute Gasteiger partial charge is 0.301 e. The Morgan fingerprint density at radius 3 is 2.80 bits per heavy atom. The first-order chi connectivity index (χ1) is 19.8. The first-order valence-electron chi connectivity index (χ1n) is 14.0. The van der Waals surface area contributed by atoms with E-state index in [9.17, 15) is 14.7 Å². The van der Waals surface area contributed by atoms with Crippen molar-refractivity contribution in [2.75, 3.05) is 11.5 Å². The minimum atomic E-state index is -0.876. The van der Waals surface area contributed by atoms with Crippen LogP contribution in [0.5, 0.6) is 11.5 Å². The van der Waals surface area contributed by atoms with E-state index >= 15 is 0 Å². The third kappa shape index (κ3) is 5.08. The number of carbonyl (C=O) groups is 2. The van der Waals surface area contributed by atoms with Crippen LogP contribution in [-0.4, -0.2) is 34.5 Å². The quantitative estimate of drug-likeness (QED) is 0.105. The van der Waals surface area contributed by atoms with Gasteiger partial charge >= 0.3 is 5.91 Å². The van der Waals surface area contributed by atoms with E-state index in [4.69, 9.17) is 14.5 Å². The highest BCUT2D eigenvalue weighted by Crippen LogP contribution is 2.45. The molecule has 1 amide bonds. The zero-order chi connectivity index (χ0) is 28.7. The molecule has 3 heterocycles. The molecule has 6 rings (SSSR count). The molecule has 2 aliphatic heterocycles. The lowest BCUT2D eigenvalue weighted by Gasteiger charge is -2.23. The number of nitrogens with zero attached hydrogens (tertiary/aromatic N) is 2. The van der Waals surface area contributed by atoms with Crippen LogP contribution in [0.25, 0.3) is 16.0 Å². The lowest BCUT2D eigenvalue weighted by Crippen LogP contribution is -2.29. The molecule has 0 saturated carbocycles. The van der Waals surface area contributed by atoms with Crippen molar-refractivity contribution in [3.8, 4) is 11.5 Å². The minimum absolute atomic E-state index is 0.0282. The number of aryl methyl sites for hydroxylation is 1. The van der Waals surface area contributed by atoms with Crippen LogP contribution >= 0.6 is 11.3 Å². The van der Waals surface area contributed by atoms with Crippen LogP contribution < -0.4 is 14.4 Å². The lowest BCUT2D eigenvalue weighted by molar-refractivity contribution is -0.132. The number of hydrogen-bond acceptors (Lipinski definition) is 7. The molecule has 1 saturated heterocycles. The number of Topliss-reactive ketones (excluding diaryl/α,β-unsaturated/α-hetero) is 1. The van der Waals surface area contributed by atoms with E-state index in [2.05, 4.69) is 6.92 Å². The number of ether oxygens (including phenoxy) is 2. The summed E-state index contributed by atoms with van der Waals surface area (Å²) in [6.45, 7) is 6.70. The molecule has 41 heavy (non-hydrogen) atoms. The van der Waals surface area contributed by atoms with Crippen molar-refractivity contribution in [2.24, 2.45) is 0 Å². The fourth-order valence-electron chi connectivity index (χ4n) is 5.51. The van der Waals surface area contributed by atoms with Gasteiger partial charge in [-0.2, -0.15) is 0 Å². The zero-order valence-corrected chi connectivity index (χ0v) is 24.2. The van der Waals surface area contributed by atoms with Crippen molar-refractivity contribution < 1.29 is 24.2 Å². The monoisotopic (exact) mass is 568 g/mol. The first-order valence-corrected chi connectivity index (χ1v) is 14.9. The van der Waals surface area contributed by atoms with Crippen LogP contribution in [0.4, 0.5) is 5.13 Å². The molecule has 7 nitrogen and oxygen atoms in total. The van der Waals surface area contributed by atoms with Gasteiger partial charge in [0.15, 0.2) is 5.13 Å². The number of aliphatic hydroxyl groups is 1. The van der Waals surface area contributed by atoms with Crippen LogP contribution in [0.15, 0.2) is 66.2 Å². The van der Waals surface area contributed by atoms with Gasteiger partial charge in [0.25, 0.3) is 5.78 Å². The number of fused-ring (bicyclic) bond motifs is 2. The Morgan fingerprint density at radius 2 is 1.98 bits per heavy atom. The summed E-state index contributed by atoms with van der Waals surface area (Å²) in [5.41, 5.74) is 3.94. The van der Waals surface area contributed by atoms with Crippen molar-refractivity contribution >= 4 is 44.1 Å². The van der Waals surface area contributed by atoms with Gasteiger partial charge in [-0.25, -0.2) is 4.98 Å². The summed E-state index contributed by atoms with van der Waals surface area (Å²) < 4.78 is 12.7. The van der Waals surface area contributed by atoms with E-state index < -0.39 is 17.7 Å². The van der Waals surface area contributed by atoms with Gasteiger partial charge in [-0.05, 0) is 79.4 Å². The number of benzene rings is 3. The van der Waals surface area contributed by atoms with Crippen LogP contribution in [0.2, 0.25) is 0 Å². The second-order valence-electron chi connectivity index (χ2n) is 10.7. The Kier molecular flexibility index (Phi) is 7.26. The maximum Gasteiger partial charge on any atom is 0.301 e. The predicted octanol–water partition coefficient (Wildman–Crippen LogP) is 7.12. The Hall–Kier alpha value is -4.17. The molecule has 1 fully saturated rings. The Balaban J connectivity index is 1.47.